The monoisotopic (exact) mass is 426 g/mol. The summed E-state index contributed by atoms with van der Waals surface area (Å²) in [7, 11) is 0. The number of hydrogen-bond donors (Lipinski definition) is 0. The molecule has 0 unspecified atom stereocenters. The number of halogens is 2. The Bertz CT molecular complexity index is 1080. The minimum atomic E-state index is -0.542. The average molecular weight is 427 g/mol. The average Bonchev–Trinajstić information content (AvgIpc) is 2.73. The molecule has 0 aliphatic carbocycles. The second-order valence-electron chi connectivity index (χ2n) is 5.93. The molecule has 0 saturated carbocycles. The van der Waals surface area contributed by atoms with Crippen LogP contribution in [0.15, 0.2) is 54.6 Å². The molecule has 0 saturated heterocycles. The number of carbonyl (C=O) groups excluding carboxylic acids is 1. The van der Waals surface area contributed by atoms with Crippen molar-refractivity contribution < 1.29 is 14.3 Å². The molecule has 0 bridgehead atoms. The first-order valence-corrected chi connectivity index (χ1v) is 9.53. The van der Waals surface area contributed by atoms with Crippen LogP contribution in [0.4, 0.5) is 0 Å². The van der Waals surface area contributed by atoms with E-state index in [1.165, 1.54) is 0 Å². The molecule has 0 atom stereocenters. The fraction of sp³-hybridized carbons (Fsp3) is 0.136. The van der Waals surface area contributed by atoms with Crippen LogP contribution in [0.5, 0.6) is 5.88 Å². The molecular formula is C22H16Cl2N2O3. The smallest absolute Gasteiger partial charge is 0.344 e. The van der Waals surface area contributed by atoms with Gasteiger partial charge in [-0.05, 0) is 36.8 Å². The number of rotatable bonds is 6. The zero-order chi connectivity index (χ0) is 20.8. The SMILES string of the molecule is CCOC(=O)COc1nc(-c2ccccc2Cl)c(-c2ccc(Cl)cc2)cc1C#N. The quantitative estimate of drug-likeness (QED) is 0.484. The van der Waals surface area contributed by atoms with Gasteiger partial charge in [-0.25, -0.2) is 9.78 Å². The van der Waals surface area contributed by atoms with Gasteiger partial charge in [0, 0.05) is 21.2 Å². The summed E-state index contributed by atoms with van der Waals surface area (Å²) >= 11 is 12.4. The van der Waals surface area contributed by atoms with Crippen LogP contribution in [-0.4, -0.2) is 24.2 Å². The third-order valence-electron chi connectivity index (χ3n) is 4.02. The highest BCUT2D eigenvalue weighted by atomic mass is 35.5. The van der Waals surface area contributed by atoms with Gasteiger partial charge in [-0.1, -0.05) is 53.5 Å². The number of nitriles is 1. The van der Waals surface area contributed by atoms with E-state index in [1.54, 1.807) is 31.2 Å². The first-order valence-electron chi connectivity index (χ1n) is 8.78. The van der Waals surface area contributed by atoms with E-state index in [-0.39, 0.29) is 24.7 Å². The Morgan fingerprint density at radius 2 is 1.83 bits per heavy atom. The zero-order valence-electron chi connectivity index (χ0n) is 15.5. The van der Waals surface area contributed by atoms with Crippen LogP contribution >= 0.6 is 23.2 Å². The highest BCUT2D eigenvalue weighted by Crippen LogP contribution is 2.37. The van der Waals surface area contributed by atoms with Crippen molar-refractivity contribution in [2.75, 3.05) is 13.2 Å². The summed E-state index contributed by atoms with van der Waals surface area (Å²) in [5.41, 5.74) is 2.88. The molecule has 0 radical (unpaired) electrons. The maximum absolute atomic E-state index is 11.7. The lowest BCUT2D eigenvalue weighted by Crippen LogP contribution is -2.16. The van der Waals surface area contributed by atoms with Crippen molar-refractivity contribution in [3.8, 4) is 34.3 Å². The molecule has 0 fully saturated rings. The molecule has 0 N–H and O–H groups in total. The summed E-state index contributed by atoms with van der Waals surface area (Å²) in [6.07, 6.45) is 0. The van der Waals surface area contributed by atoms with Crippen molar-refractivity contribution in [3.05, 3.63) is 70.2 Å². The molecule has 3 aromatic rings. The third kappa shape index (κ3) is 4.86. The lowest BCUT2D eigenvalue weighted by atomic mass is 9.98. The summed E-state index contributed by atoms with van der Waals surface area (Å²) in [5.74, 6) is -0.507. The van der Waals surface area contributed by atoms with Gasteiger partial charge in [0.05, 0.1) is 12.3 Å². The topological polar surface area (TPSA) is 72.2 Å². The van der Waals surface area contributed by atoms with Gasteiger partial charge in [0.25, 0.3) is 0 Å². The Balaban J connectivity index is 2.15. The number of ether oxygens (including phenoxy) is 2. The molecule has 2 aromatic carbocycles. The van der Waals surface area contributed by atoms with Gasteiger partial charge in [-0.3, -0.25) is 0 Å². The molecule has 0 aliphatic rings. The van der Waals surface area contributed by atoms with Crippen LogP contribution in [-0.2, 0) is 9.53 Å². The Morgan fingerprint density at radius 1 is 1.10 bits per heavy atom. The van der Waals surface area contributed by atoms with E-state index in [0.717, 1.165) is 5.56 Å². The number of nitrogens with zero attached hydrogens (tertiary/aromatic N) is 2. The number of esters is 1. The lowest BCUT2D eigenvalue weighted by molar-refractivity contribution is -0.145. The van der Waals surface area contributed by atoms with E-state index >= 15 is 0 Å². The number of hydrogen-bond acceptors (Lipinski definition) is 5. The third-order valence-corrected chi connectivity index (χ3v) is 4.61. The Kier molecular flexibility index (Phi) is 6.71. The van der Waals surface area contributed by atoms with Gasteiger partial charge in [0.2, 0.25) is 5.88 Å². The largest absolute Gasteiger partial charge is 0.465 e. The van der Waals surface area contributed by atoms with Crippen molar-refractivity contribution in [2.45, 2.75) is 6.92 Å². The second kappa shape index (κ2) is 9.42. The van der Waals surface area contributed by atoms with E-state index in [0.29, 0.717) is 26.9 Å². The molecule has 0 aliphatic heterocycles. The Labute approximate surface area is 178 Å². The van der Waals surface area contributed by atoms with Crippen molar-refractivity contribution in [1.29, 1.82) is 5.26 Å². The molecule has 0 spiro atoms. The van der Waals surface area contributed by atoms with Gasteiger partial charge in [-0.2, -0.15) is 5.26 Å². The van der Waals surface area contributed by atoms with Crippen molar-refractivity contribution in [1.82, 2.24) is 4.98 Å². The van der Waals surface area contributed by atoms with E-state index in [4.69, 9.17) is 32.7 Å². The highest BCUT2D eigenvalue weighted by molar-refractivity contribution is 6.33. The minimum Gasteiger partial charge on any atom is -0.465 e. The molecule has 29 heavy (non-hydrogen) atoms. The lowest BCUT2D eigenvalue weighted by Gasteiger charge is -2.14. The minimum absolute atomic E-state index is 0.0354. The summed E-state index contributed by atoms with van der Waals surface area (Å²) in [4.78, 5) is 16.2. The van der Waals surface area contributed by atoms with Gasteiger partial charge in [0.15, 0.2) is 6.61 Å². The summed E-state index contributed by atoms with van der Waals surface area (Å²) in [5, 5.41) is 10.7. The van der Waals surface area contributed by atoms with Crippen LogP contribution in [0.2, 0.25) is 10.0 Å². The maximum Gasteiger partial charge on any atom is 0.344 e. The fourth-order valence-corrected chi connectivity index (χ4v) is 3.08. The number of pyridine rings is 1. The first kappa shape index (κ1) is 20.7. The summed E-state index contributed by atoms with van der Waals surface area (Å²) < 4.78 is 10.3. The molecule has 3 rings (SSSR count). The van der Waals surface area contributed by atoms with E-state index in [1.807, 2.05) is 30.3 Å². The summed E-state index contributed by atoms with van der Waals surface area (Å²) in [6.45, 7) is 1.59. The van der Waals surface area contributed by atoms with Crippen molar-refractivity contribution in [2.24, 2.45) is 0 Å². The van der Waals surface area contributed by atoms with Crippen LogP contribution < -0.4 is 4.74 Å². The molecule has 0 amide bonds. The fourth-order valence-electron chi connectivity index (χ4n) is 2.72. The molecular weight excluding hydrogens is 411 g/mol. The number of aromatic nitrogens is 1. The molecule has 146 valence electrons. The standard InChI is InChI=1S/C22H16Cl2N2O3/c1-2-28-20(27)13-29-22-15(12-25)11-18(14-7-9-16(23)10-8-14)21(26-22)17-5-3-4-6-19(17)24/h3-11H,2,13H2,1H3. The predicted octanol–water partition coefficient (Wildman–Crippen LogP) is 5.54. The number of carbonyl (C=O) groups is 1. The maximum atomic E-state index is 11.7. The van der Waals surface area contributed by atoms with E-state index < -0.39 is 5.97 Å². The van der Waals surface area contributed by atoms with E-state index in [2.05, 4.69) is 11.1 Å². The van der Waals surface area contributed by atoms with Crippen LogP contribution in [0.3, 0.4) is 0 Å². The zero-order valence-corrected chi connectivity index (χ0v) is 17.0. The second-order valence-corrected chi connectivity index (χ2v) is 6.77. The number of benzene rings is 2. The van der Waals surface area contributed by atoms with Crippen LogP contribution in [0.25, 0.3) is 22.4 Å². The van der Waals surface area contributed by atoms with Crippen molar-refractivity contribution >= 4 is 29.2 Å². The predicted molar refractivity (Wildman–Crippen MR) is 112 cm³/mol. The van der Waals surface area contributed by atoms with Gasteiger partial charge in [-0.15, -0.1) is 0 Å². The normalized spacial score (nSPS) is 10.3. The Morgan fingerprint density at radius 3 is 2.48 bits per heavy atom. The molecule has 7 heteroatoms. The van der Waals surface area contributed by atoms with Crippen LogP contribution in [0.1, 0.15) is 12.5 Å². The molecule has 1 heterocycles. The van der Waals surface area contributed by atoms with Crippen LogP contribution in [0, 0.1) is 11.3 Å². The highest BCUT2D eigenvalue weighted by Gasteiger charge is 2.18. The van der Waals surface area contributed by atoms with Gasteiger partial charge >= 0.3 is 5.97 Å². The van der Waals surface area contributed by atoms with Crippen molar-refractivity contribution in [3.63, 3.8) is 0 Å². The van der Waals surface area contributed by atoms with Gasteiger partial charge in [0.1, 0.15) is 11.6 Å². The summed E-state index contributed by atoms with van der Waals surface area (Å²) in [6, 6.07) is 18.1. The molecule has 1 aromatic heterocycles. The van der Waals surface area contributed by atoms with E-state index in [9.17, 15) is 10.1 Å². The first-order chi connectivity index (χ1) is 14.0. The van der Waals surface area contributed by atoms with Gasteiger partial charge < -0.3 is 9.47 Å². The Hall–Kier alpha value is -3.07. The molecule has 5 nitrogen and oxygen atoms in total.